The Labute approximate surface area is 210 Å². The van der Waals surface area contributed by atoms with Crippen molar-refractivity contribution in [2.24, 2.45) is 10.7 Å². The van der Waals surface area contributed by atoms with E-state index < -0.39 is 0 Å². The molecule has 0 atom stereocenters. The van der Waals surface area contributed by atoms with Gasteiger partial charge in [-0.25, -0.2) is 4.98 Å². The van der Waals surface area contributed by atoms with Crippen molar-refractivity contribution < 1.29 is 0 Å². The molecule has 1 aromatic carbocycles. The van der Waals surface area contributed by atoms with Crippen LogP contribution < -0.4 is 11.4 Å². The van der Waals surface area contributed by atoms with Crippen molar-refractivity contribution in [3.05, 3.63) is 83.3 Å². The van der Waals surface area contributed by atoms with Gasteiger partial charge < -0.3 is 5.73 Å². The van der Waals surface area contributed by atoms with Gasteiger partial charge in [0.1, 0.15) is 0 Å². The first-order valence-corrected chi connectivity index (χ1v) is 11.8. The maximum atomic E-state index is 8.51. The molecular weight excluding hydrogens is 430 g/mol. The average molecular weight is 468 g/mol. The normalized spacial score (nSPS) is 12.2. The summed E-state index contributed by atoms with van der Waals surface area (Å²) in [7, 11) is 0. The molecule has 0 unspecified atom stereocenters. The largest absolute Gasteiger partial charge is 0.404 e. The molecule has 0 bridgehead atoms. The molecule has 0 saturated heterocycles. The summed E-state index contributed by atoms with van der Waals surface area (Å²) in [5, 5.41) is 8.51. The summed E-state index contributed by atoms with van der Waals surface area (Å²) in [4.78, 5) is 9.11. The fraction of sp³-hybridized carbons (Fsp3) is 0.300. The minimum Gasteiger partial charge on any atom is -0.404 e. The molecule has 2 rings (SSSR count). The predicted molar refractivity (Wildman–Crippen MR) is 150 cm³/mol. The quantitative estimate of drug-likeness (QED) is 0.199. The second-order valence-electron chi connectivity index (χ2n) is 8.62. The third-order valence-electron chi connectivity index (χ3n) is 5.76. The number of unbranched alkanes of at least 4 members (excludes halogenated alkanes) is 2. The minimum atomic E-state index is 0.156. The smallest absolute Gasteiger partial charge is 0.227 e. The summed E-state index contributed by atoms with van der Waals surface area (Å²) in [6, 6.07) is 8.20. The molecular formula is C30H37N5. The molecule has 0 amide bonds. The number of hydrogen-bond donors (Lipinski definition) is 2. The van der Waals surface area contributed by atoms with E-state index in [0.29, 0.717) is 5.57 Å². The van der Waals surface area contributed by atoms with Crippen LogP contribution in [0.3, 0.4) is 0 Å². The van der Waals surface area contributed by atoms with Crippen LogP contribution in [0.4, 0.5) is 0 Å². The number of hydrogen-bond acceptors (Lipinski definition) is 4. The van der Waals surface area contributed by atoms with Crippen LogP contribution in [-0.4, -0.2) is 22.3 Å². The first-order chi connectivity index (χ1) is 16.7. The highest BCUT2D eigenvalue weighted by Crippen LogP contribution is 2.31. The van der Waals surface area contributed by atoms with Crippen molar-refractivity contribution in [3.8, 4) is 23.1 Å². The van der Waals surface area contributed by atoms with Crippen molar-refractivity contribution >= 4 is 17.5 Å². The fourth-order valence-corrected chi connectivity index (χ4v) is 3.71. The second-order valence-corrected chi connectivity index (χ2v) is 8.62. The summed E-state index contributed by atoms with van der Waals surface area (Å²) in [6.45, 7) is 18.5. The highest BCUT2D eigenvalue weighted by atomic mass is 15.1. The van der Waals surface area contributed by atoms with Crippen molar-refractivity contribution in [1.29, 1.82) is 5.41 Å². The summed E-state index contributed by atoms with van der Waals surface area (Å²) in [5.74, 6) is 6.38. The van der Waals surface area contributed by atoms with E-state index in [1.165, 1.54) is 11.8 Å². The lowest BCUT2D eigenvalue weighted by Gasteiger charge is -2.19. The van der Waals surface area contributed by atoms with Gasteiger partial charge in [-0.15, -0.1) is 6.58 Å². The van der Waals surface area contributed by atoms with Crippen LogP contribution in [0, 0.1) is 31.1 Å². The Morgan fingerprint density at radius 2 is 1.83 bits per heavy atom. The molecule has 0 saturated carbocycles. The number of nitrogens with one attached hydrogen (secondary N) is 1. The topological polar surface area (TPSA) is 80.0 Å². The van der Waals surface area contributed by atoms with E-state index in [1.807, 2.05) is 45.9 Å². The Morgan fingerprint density at radius 1 is 1.14 bits per heavy atom. The van der Waals surface area contributed by atoms with Crippen molar-refractivity contribution in [2.75, 3.05) is 6.54 Å². The molecule has 0 aliphatic rings. The maximum Gasteiger partial charge on any atom is 0.227 e. The number of allylic oxidation sites excluding steroid dienone is 5. The molecule has 0 fully saturated rings. The lowest BCUT2D eigenvalue weighted by atomic mass is 9.95. The summed E-state index contributed by atoms with van der Waals surface area (Å²) >= 11 is 0. The van der Waals surface area contributed by atoms with Crippen LogP contribution in [0.25, 0.3) is 22.5 Å². The Hall–Kier alpha value is -3.91. The molecule has 0 aliphatic carbocycles. The van der Waals surface area contributed by atoms with Gasteiger partial charge in [0, 0.05) is 47.1 Å². The molecule has 2 aromatic rings. The van der Waals surface area contributed by atoms with Crippen LogP contribution in [0.1, 0.15) is 56.9 Å². The molecule has 182 valence electrons. The third kappa shape index (κ3) is 7.28. The monoisotopic (exact) mass is 467 g/mol. The SMILES string of the molecule is C=CCCCCN=CC(C#C/C(C)=C(\C)c1c(-c2ccc(C)cc2)nc(=N)n(C(=C)C)c1C)=CN. The van der Waals surface area contributed by atoms with Gasteiger partial charge in [-0.05, 0) is 59.5 Å². The lowest BCUT2D eigenvalue weighted by Crippen LogP contribution is -2.26. The molecule has 5 nitrogen and oxygen atoms in total. The van der Waals surface area contributed by atoms with Gasteiger partial charge in [0.25, 0.3) is 0 Å². The second kappa shape index (κ2) is 13.1. The van der Waals surface area contributed by atoms with E-state index in [2.05, 4.69) is 54.0 Å². The number of aliphatic imine (C=N–C) groups is 1. The van der Waals surface area contributed by atoms with Crippen molar-refractivity contribution in [3.63, 3.8) is 0 Å². The molecule has 0 aliphatic heterocycles. The predicted octanol–water partition coefficient (Wildman–Crippen LogP) is 6.20. The summed E-state index contributed by atoms with van der Waals surface area (Å²) in [5.41, 5.74) is 14.0. The zero-order valence-corrected chi connectivity index (χ0v) is 21.7. The van der Waals surface area contributed by atoms with Gasteiger partial charge >= 0.3 is 0 Å². The average Bonchev–Trinajstić information content (AvgIpc) is 2.82. The van der Waals surface area contributed by atoms with Crippen LogP contribution in [0.5, 0.6) is 0 Å². The van der Waals surface area contributed by atoms with Crippen LogP contribution in [-0.2, 0) is 0 Å². The molecule has 1 aromatic heterocycles. The Bertz CT molecular complexity index is 1290. The highest BCUT2D eigenvalue weighted by molar-refractivity contribution is 5.86. The molecule has 1 heterocycles. The Balaban J connectivity index is 2.53. The maximum absolute atomic E-state index is 8.51. The van der Waals surface area contributed by atoms with E-state index in [9.17, 15) is 0 Å². The van der Waals surface area contributed by atoms with E-state index in [4.69, 9.17) is 11.1 Å². The van der Waals surface area contributed by atoms with Crippen LogP contribution in [0.2, 0.25) is 0 Å². The van der Waals surface area contributed by atoms with Gasteiger partial charge in [-0.2, -0.15) is 0 Å². The highest BCUT2D eigenvalue weighted by Gasteiger charge is 2.17. The molecule has 35 heavy (non-hydrogen) atoms. The third-order valence-corrected chi connectivity index (χ3v) is 5.76. The van der Waals surface area contributed by atoms with Crippen molar-refractivity contribution in [2.45, 2.75) is 53.9 Å². The zero-order chi connectivity index (χ0) is 26.0. The number of benzene rings is 1. The molecule has 5 heteroatoms. The van der Waals surface area contributed by atoms with Crippen LogP contribution >= 0.6 is 0 Å². The first kappa shape index (κ1) is 27.3. The number of nitrogens with two attached hydrogens (primary N) is 1. The Kier molecular flexibility index (Phi) is 10.2. The molecule has 0 spiro atoms. The van der Waals surface area contributed by atoms with E-state index in [0.717, 1.165) is 65.2 Å². The van der Waals surface area contributed by atoms with E-state index in [1.54, 1.807) is 10.8 Å². The first-order valence-electron chi connectivity index (χ1n) is 11.8. The lowest BCUT2D eigenvalue weighted by molar-refractivity contribution is 0.762. The number of rotatable bonds is 9. The number of aryl methyl sites for hydroxylation is 1. The summed E-state index contributed by atoms with van der Waals surface area (Å²) < 4.78 is 1.77. The summed E-state index contributed by atoms with van der Waals surface area (Å²) in [6.07, 6.45) is 8.23. The van der Waals surface area contributed by atoms with E-state index >= 15 is 0 Å². The van der Waals surface area contributed by atoms with Gasteiger partial charge in [0.2, 0.25) is 5.62 Å². The molecule has 3 N–H and O–H groups in total. The van der Waals surface area contributed by atoms with Gasteiger partial charge in [0.05, 0.1) is 11.3 Å². The van der Waals surface area contributed by atoms with Gasteiger partial charge in [-0.3, -0.25) is 15.0 Å². The number of aromatic nitrogens is 2. The van der Waals surface area contributed by atoms with Crippen LogP contribution in [0.15, 0.2) is 65.8 Å². The van der Waals surface area contributed by atoms with E-state index in [-0.39, 0.29) is 5.62 Å². The van der Waals surface area contributed by atoms with Crippen molar-refractivity contribution in [1.82, 2.24) is 9.55 Å². The number of nitrogens with zero attached hydrogens (tertiary/aromatic N) is 3. The fourth-order valence-electron chi connectivity index (χ4n) is 3.71. The standard InChI is InChI=1S/C30H37N5/c1-8-9-10-11-18-33-20-26(19-31)15-14-23(5)24(6)28-25(7)35(21(2)3)30(32)34-29(28)27-16-12-22(4)13-17-27/h8,12-13,16-17,19-20,32H,1-2,9-11,18,31H2,3-7H3/b24-23+,26-19?,32-30?,33-20?. The minimum absolute atomic E-state index is 0.156. The molecule has 0 radical (unpaired) electrons. The van der Waals surface area contributed by atoms with Gasteiger partial charge in [-0.1, -0.05) is 54.3 Å². The van der Waals surface area contributed by atoms with Gasteiger partial charge in [0.15, 0.2) is 0 Å². The zero-order valence-electron chi connectivity index (χ0n) is 21.7. The Morgan fingerprint density at radius 3 is 2.43 bits per heavy atom.